The molecule has 1 aromatic heterocycles. The van der Waals surface area contributed by atoms with Gasteiger partial charge in [-0.25, -0.2) is 17.5 Å². The fourth-order valence-electron chi connectivity index (χ4n) is 3.32. The highest BCUT2D eigenvalue weighted by molar-refractivity contribution is 7.88. The number of hydrogen-bond donors (Lipinski definition) is 1. The Balaban J connectivity index is 1.69. The van der Waals surface area contributed by atoms with Gasteiger partial charge in [-0.1, -0.05) is 0 Å². The molecule has 1 aliphatic rings. The highest BCUT2D eigenvalue weighted by Gasteiger charge is 2.30. The lowest BCUT2D eigenvalue weighted by Crippen LogP contribution is -2.40. The van der Waals surface area contributed by atoms with Crippen molar-refractivity contribution < 1.29 is 27.2 Å². The standard InChI is InChI=1S/C19H22N2O7S/c1-12(22)20-15-3-4-16-14(9-18(23)28-17(16)10-15)11-27-19(24)13-5-7-21(8-6-13)29(2,25)26/h3-4,9-10,13H,5-8,11H2,1-2H3,(H,20,22). The topological polar surface area (TPSA) is 123 Å². The number of benzene rings is 1. The van der Waals surface area contributed by atoms with Gasteiger partial charge < -0.3 is 14.5 Å². The normalized spacial score (nSPS) is 15.9. The van der Waals surface area contributed by atoms with Gasteiger partial charge in [0.2, 0.25) is 15.9 Å². The van der Waals surface area contributed by atoms with Crippen molar-refractivity contribution in [2.24, 2.45) is 5.92 Å². The second-order valence-electron chi connectivity index (χ2n) is 7.03. The van der Waals surface area contributed by atoms with E-state index < -0.39 is 21.6 Å². The fraction of sp³-hybridized carbons (Fsp3) is 0.421. The number of rotatable bonds is 5. The average Bonchev–Trinajstić information content (AvgIpc) is 2.64. The Hall–Kier alpha value is -2.72. The summed E-state index contributed by atoms with van der Waals surface area (Å²) in [6.45, 7) is 1.83. The molecule has 1 fully saturated rings. The first-order valence-electron chi connectivity index (χ1n) is 9.09. The summed E-state index contributed by atoms with van der Waals surface area (Å²) in [4.78, 5) is 35.4. The minimum absolute atomic E-state index is 0.104. The summed E-state index contributed by atoms with van der Waals surface area (Å²) < 4.78 is 35.0. The van der Waals surface area contributed by atoms with E-state index >= 15 is 0 Å². The van der Waals surface area contributed by atoms with Crippen molar-refractivity contribution in [2.45, 2.75) is 26.4 Å². The molecule has 2 heterocycles. The molecule has 1 aliphatic heterocycles. The van der Waals surface area contributed by atoms with Crippen molar-refractivity contribution >= 4 is 38.6 Å². The number of carbonyl (C=O) groups is 2. The van der Waals surface area contributed by atoms with Crippen LogP contribution < -0.4 is 10.9 Å². The van der Waals surface area contributed by atoms with Crippen LogP contribution in [0.2, 0.25) is 0 Å². The van der Waals surface area contributed by atoms with E-state index in [1.807, 2.05) is 0 Å². The molecule has 2 aromatic rings. The third kappa shape index (κ3) is 5.21. The van der Waals surface area contributed by atoms with Gasteiger partial charge >= 0.3 is 11.6 Å². The molecule has 156 valence electrons. The SMILES string of the molecule is CC(=O)Nc1ccc2c(COC(=O)C3CCN(S(C)(=O)=O)CC3)cc(=O)oc2c1. The second kappa shape index (κ2) is 8.34. The lowest BCUT2D eigenvalue weighted by molar-refractivity contribution is -0.151. The molecule has 10 heteroatoms. The molecular weight excluding hydrogens is 400 g/mol. The average molecular weight is 422 g/mol. The highest BCUT2D eigenvalue weighted by Crippen LogP contribution is 2.24. The molecule has 0 spiro atoms. The zero-order valence-electron chi connectivity index (χ0n) is 16.1. The number of hydrogen-bond acceptors (Lipinski definition) is 7. The third-order valence-electron chi connectivity index (χ3n) is 4.78. The Morgan fingerprint density at radius 2 is 1.93 bits per heavy atom. The van der Waals surface area contributed by atoms with E-state index in [2.05, 4.69) is 5.32 Å². The Labute approximate surface area is 167 Å². The van der Waals surface area contributed by atoms with Crippen molar-refractivity contribution in [3.63, 3.8) is 0 Å². The number of amides is 1. The highest BCUT2D eigenvalue weighted by atomic mass is 32.2. The van der Waals surface area contributed by atoms with E-state index in [1.54, 1.807) is 12.1 Å². The van der Waals surface area contributed by atoms with Gasteiger partial charge in [-0.05, 0) is 25.0 Å². The Morgan fingerprint density at radius 1 is 1.24 bits per heavy atom. The maximum absolute atomic E-state index is 12.4. The van der Waals surface area contributed by atoms with E-state index in [1.165, 1.54) is 23.4 Å². The van der Waals surface area contributed by atoms with Crippen LogP contribution in [0.25, 0.3) is 11.0 Å². The molecule has 0 unspecified atom stereocenters. The second-order valence-corrected chi connectivity index (χ2v) is 9.01. The number of sulfonamides is 1. The maximum Gasteiger partial charge on any atom is 0.336 e. The number of nitrogens with zero attached hydrogens (tertiary/aromatic N) is 1. The van der Waals surface area contributed by atoms with E-state index in [0.29, 0.717) is 29.5 Å². The van der Waals surface area contributed by atoms with E-state index in [9.17, 15) is 22.8 Å². The quantitative estimate of drug-likeness (QED) is 0.572. The van der Waals surface area contributed by atoms with Crippen molar-refractivity contribution in [3.05, 3.63) is 40.2 Å². The van der Waals surface area contributed by atoms with Crippen LogP contribution in [0.3, 0.4) is 0 Å². The zero-order valence-corrected chi connectivity index (χ0v) is 17.0. The maximum atomic E-state index is 12.4. The number of carbonyl (C=O) groups excluding carboxylic acids is 2. The summed E-state index contributed by atoms with van der Waals surface area (Å²) >= 11 is 0. The number of anilines is 1. The third-order valence-corrected chi connectivity index (χ3v) is 6.08. The molecule has 1 amide bonds. The first-order valence-corrected chi connectivity index (χ1v) is 10.9. The van der Waals surface area contributed by atoms with Crippen LogP contribution >= 0.6 is 0 Å². The van der Waals surface area contributed by atoms with Crippen molar-refractivity contribution in [3.8, 4) is 0 Å². The number of nitrogens with one attached hydrogen (secondary N) is 1. The summed E-state index contributed by atoms with van der Waals surface area (Å²) in [5, 5.41) is 3.21. The number of ether oxygens (including phenoxy) is 1. The van der Waals surface area contributed by atoms with Gasteiger partial charge in [-0.3, -0.25) is 9.59 Å². The van der Waals surface area contributed by atoms with Crippen LogP contribution in [0.15, 0.2) is 33.5 Å². The van der Waals surface area contributed by atoms with Crippen LogP contribution in [0.5, 0.6) is 0 Å². The predicted molar refractivity (Wildman–Crippen MR) is 106 cm³/mol. The van der Waals surface area contributed by atoms with Crippen LogP contribution in [0.4, 0.5) is 5.69 Å². The van der Waals surface area contributed by atoms with Crippen LogP contribution in [0.1, 0.15) is 25.3 Å². The van der Waals surface area contributed by atoms with E-state index in [4.69, 9.17) is 9.15 Å². The molecule has 1 aromatic carbocycles. The molecule has 1 N–H and O–H groups in total. The van der Waals surface area contributed by atoms with Gasteiger partial charge in [0.1, 0.15) is 12.2 Å². The Kier molecular flexibility index (Phi) is 6.04. The van der Waals surface area contributed by atoms with Gasteiger partial charge in [0, 0.05) is 48.8 Å². The molecule has 0 radical (unpaired) electrons. The van der Waals surface area contributed by atoms with Gasteiger partial charge in [0.25, 0.3) is 0 Å². The molecule has 0 atom stereocenters. The lowest BCUT2D eigenvalue weighted by atomic mass is 9.98. The fourth-order valence-corrected chi connectivity index (χ4v) is 4.19. The first-order chi connectivity index (χ1) is 13.6. The summed E-state index contributed by atoms with van der Waals surface area (Å²) in [6.07, 6.45) is 1.93. The minimum atomic E-state index is -3.26. The van der Waals surface area contributed by atoms with Gasteiger partial charge in [-0.2, -0.15) is 0 Å². The van der Waals surface area contributed by atoms with Crippen LogP contribution in [-0.4, -0.2) is 43.9 Å². The monoisotopic (exact) mass is 422 g/mol. The zero-order chi connectivity index (χ0) is 21.2. The van der Waals surface area contributed by atoms with Gasteiger partial charge in [0.05, 0.1) is 12.2 Å². The minimum Gasteiger partial charge on any atom is -0.461 e. The number of esters is 1. The summed E-state index contributed by atoms with van der Waals surface area (Å²) in [5.41, 5.74) is 0.661. The molecular formula is C19H22N2O7S. The van der Waals surface area contributed by atoms with Crippen LogP contribution in [0, 0.1) is 5.92 Å². The van der Waals surface area contributed by atoms with Crippen molar-refractivity contribution in [1.29, 1.82) is 0 Å². The van der Waals surface area contributed by atoms with Crippen molar-refractivity contribution in [1.82, 2.24) is 4.31 Å². The first kappa shape index (κ1) is 21.0. The van der Waals surface area contributed by atoms with Crippen molar-refractivity contribution in [2.75, 3.05) is 24.7 Å². The summed E-state index contributed by atoms with van der Waals surface area (Å²) in [6, 6.07) is 6.14. The lowest BCUT2D eigenvalue weighted by Gasteiger charge is -2.28. The Morgan fingerprint density at radius 3 is 2.55 bits per heavy atom. The van der Waals surface area contributed by atoms with Gasteiger partial charge in [-0.15, -0.1) is 0 Å². The van der Waals surface area contributed by atoms with Crippen LogP contribution in [-0.2, 0) is 31.0 Å². The molecule has 9 nitrogen and oxygen atoms in total. The molecule has 0 aliphatic carbocycles. The Bertz CT molecular complexity index is 1100. The molecule has 0 saturated carbocycles. The number of piperidine rings is 1. The summed E-state index contributed by atoms with van der Waals surface area (Å²) in [7, 11) is -3.26. The molecule has 29 heavy (non-hydrogen) atoms. The predicted octanol–water partition coefficient (Wildman–Crippen LogP) is 1.47. The smallest absolute Gasteiger partial charge is 0.336 e. The van der Waals surface area contributed by atoms with E-state index in [0.717, 1.165) is 6.26 Å². The van der Waals surface area contributed by atoms with E-state index in [-0.39, 0.29) is 37.1 Å². The number of fused-ring (bicyclic) bond motifs is 1. The molecule has 3 rings (SSSR count). The molecule has 0 bridgehead atoms. The summed E-state index contributed by atoms with van der Waals surface area (Å²) in [5.74, 6) is -1.06. The molecule has 1 saturated heterocycles. The largest absolute Gasteiger partial charge is 0.461 e. The van der Waals surface area contributed by atoms with Gasteiger partial charge in [0.15, 0.2) is 0 Å².